The Labute approximate surface area is 123 Å². The molecule has 0 spiro atoms. The molecular formula is C10H8ClN3O6S. The first kappa shape index (κ1) is 16.7. The molecule has 0 fully saturated rings. The van der Waals surface area contributed by atoms with Crippen LogP contribution in [0.4, 0.5) is 5.69 Å². The van der Waals surface area contributed by atoms with Crippen LogP contribution < -0.4 is 10.1 Å². The van der Waals surface area contributed by atoms with E-state index >= 15 is 0 Å². The number of nitrogens with one attached hydrogen (secondary N) is 1. The fraction of sp³-hybridized carbons (Fsp3) is 0.200. The minimum atomic E-state index is -4.30. The summed E-state index contributed by atoms with van der Waals surface area (Å²) in [5.74, 6) is -0.962. The molecule has 0 aliphatic rings. The van der Waals surface area contributed by atoms with Crippen molar-refractivity contribution in [1.82, 2.24) is 5.32 Å². The number of rotatable bonds is 6. The lowest BCUT2D eigenvalue weighted by Gasteiger charge is -2.09. The molecule has 1 N–H and O–H groups in total. The molecule has 0 heterocycles. The van der Waals surface area contributed by atoms with Crippen LogP contribution in [0.25, 0.3) is 0 Å². The van der Waals surface area contributed by atoms with Crippen LogP contribution in [0.5, 0.6) is 5.75 Å². The number of carbonyl (C=O) groups excluding carboxylic acids is 1. The Bertz CT molecular complexity index is 712. The predicted octanol–water partition coefficient (Wildman–Crippen LogP) is 0.541. The topological polar surface area (TPSA) is 139 Å². The van der Waals surface area contributed by atoms with E-state index in [9.17, 15) is 23.3 Å². The highest BCUT2D eigenvalue weighted by Gasteiger charge is 2.21. The van der Waals surface area contributed by atoms with Gasteiger partial charge in [-0.2, -0.15) is 5.26 Å². The van der Waals surface area contributed by atoms with Gasteiger partial charge in [-0.1, -0.05) is 0 Å². The van der Waals surface area contributed by atoms with Gasteiger partial charge >= 0.3 is 0 Å². The number of non-ortho nitro benzene ring substituents is 1. The molecule has 112 valence electrons. The average molecular weight is 334 g/mol. The smallest absolute Gasteiger partial charge is 0.271 e. The second-order valence-corrected chi connectivity index (χ2v) is 6.08. The Morgan fingerprint density at radius 1 is 1.52 bits per heavy atom. The molecule has 0 aliphatic heterocycles. The largest absolute Gasteiger partial charge is 0.482 e. The number of benzene rings is 1. The molecule has 0 atom stereocenters. The minimum absolute atomic E-state index is 0.233. The van der Waals surface area contributed by atoms with Gasteiger partial charge in [0, 0.05) is 22.8 Å². The van der Waals surface area contributed by atoms with E-state index in [0.29, 0.717) is 0 Å². The highest BCUT2D eigenvalue weighted by atomic mass is 35.7. The van der Waals surface area contributed by atoms with Crippen molar-refractivity contribution in [3.05, 3.63) is 28.3 Å². The lowest BCUT2D eigenvalue weighted by molar-refractivity contribution is -0.385. The molecule has 21 heavy (non-hydrogen) atoms. The molecule has 0 radical (unpaired) electrons. The molecule has 0 unspecified atom stereocenters. The molecule has 1 aromatic rings. The van der Waals surface area contributed by atoms with Gasteiger partial charge in [0.2, 0.25) is 0 Å². The first-order valence-corrected chi connectivity index (χ1v) is 7.56. The van der Waals surface area contributed by atoms with Gasteiger partial charge in [-0.15, -0.1) is 0 Å². The van der Waals surface area contributed by atoms with E-state index < -0.39 is 37.1 Å². The van der Waals surface area contributed by atoms with E-state index in [2.05, 4.69) is 5.32 Å². The zero-order valence-corrected chi connectivity index (χ0v) is 11.8. The van der Waals surface area contributed by atoms with Crippen molar-refractivity contribution in [2.75, 3.05) is 13.2 Å². The van der Waals surface area contributed by atoms with Crippen LogP contribution in [0, 0.1) is 21.4 Å². The maximum atomic E-state index is 11.4. The third-order valence-corrected chi connectivity index (χ3v) is 3.47. The Balaban J connectivity index is 3.00. The molecule has 0 bridgehead atoms. The van der Waals surface area contributed by atoms with Crippen molar-refractivity contribution in [2.24, 2.45) is 0 Å². The molecule has 0 aliphatic carbocycles. The highest BCUT2D eigenvalue weighted by molar-refractivity contribution is 8.13. The van der Waals surface area contributed by atoms with Gasteiger partial charge in [0.15, 0.2) is 6.61 Å². The fourth-order valence-electron chi connectivity index (χ4n) is 1.25. The Morgan fingerprint density at radius 2 is 2.19 bits per heavy atom. The van der Waals surface area contributed by atoms with Crippen LogP contribution in [0.1, 0.15) is 0 Å². The molecule has 0 saturated carbocycles. The first-order valence-electron chi connectivity index (χ1n) is 5.25. The van der Waals surface area contributed by atoms with Gasteiger partial charge < -0.3 is 10.1 Å². The summed E-state index contributed by atoms with van der Waals surface area (Å²) in [5, 5.41) is 21.1. The van der Waals surface area contributed by atoms with Crippen molar-refractivity contribution in [2.45, 2.75) is 4.90 Å². The second-order valence-electron chi connectivity index (χ2n) is 3.55. The molecule has 9 nitrogen and oxygen atoms in total. The van der Waals surface area contributed by atoms with E-state index in [4.69, 9.17) is 20.7 Å². The maximum absolute atomic E-state index is 11.4. The second kappa shape index (κ2) is 6.87. The Morgan fingerprint density at radius 3 is 2.71 bits per heavy atom. The highest BCUT2D eigenvalue weighted by Crippen LogP contribution is 2.30. The van der Waals surface area contributed by atoms with Crippen molar-refractivity contribution in [1.29, 1.82) is 5.26 Å². The molecule has 1 aromatic carbocycles. The maximum Gasteiger partial charge on any atom is 0.271 e. The molecular weight excluding hydrogens is 326 g/mol. The molecule has 1 amide bonds. The Hall–Kier alpha value is -2.38. The normalized spacial score (nSPS) is 10.5. The number of hydrogen-bond donors (Lipinski definition) is 1. The number of amides is 1. The van der Waals surface area contributed by atoms with Crippen molar-refractivity contribution >= 4 is 31.3 Å². The van der Waals surface area contributed by atoms with E-state index in [-0.39, 0.29) is 12.3 Å². The summed E-state index contributed by atoms with van der Waals surface area (Å²) in [7, 11) is 0.870. The number of nitrogens with zero attached hydrogens (tertiary/aromatic N) is 2. The fourth-order valence-corrected chi connectivity index (χ4v) is 2.24. The number of ether oxygens (including phenoxy) is 1. The third-order valence-electron chi connectivity index (χ3n) is 2.12. The van der Waals surface area contributed by atoms with Gasteiger partial charge in [0.05, 0.1) is 11.0 Å². The summed E-state index contributed by atoms with van der Waals surface area (Å²) in [4.78, 5) is 20.4. The lowest BCUT2D eigenvalue weighted by Crippen LogP contribution is -2.29. The summed E-state index contributed by atoms with van der Waals surface area (Å²) in [6.45, 7) is -0.804. The summed E-state index contributed by atoms with van der Waals surface area (Å²) in [6.07, 6.45) is 0. The summed E-state index contributed by atoms with van der Waals surface area (Å²) < 4.78 is 27.7. The number of hydrogen-bond acceptors (Lipinski definition) is 7. The number of halogens is 1. The van der Waals surface area contributed by atoms with Gasteiger partial charge in [-0.05, 0) is 6.07 Å². The summed E-state index contributed by atoms with van der Waals surface area (Å²) in [6, 6.07) is 4.43. The summed E-state index contributed by atoms with van der Waals surface area (Å²) in [5.41, 5.74) is -0.490. The lowest BCUT2D eigenvalue weighted by atomic mass is 10.3. The van der Waals surface area contributed by atoms with Crippen LogP contribution in [0.15, 0.2) is 23.1 Å². The van der Waals surface area contributed by atoms with Crippen LogP contribution in [0.3, 0.4) is 0 Å². The van der Waals surface area contributed by atoms with Crippen LogP contribution in [-0.2, 0) is 13.8 Å². The number of nitriles is 1. The van der Waals surface area contributed by atoms with Gasteiger partial charge in [0.1, 0.15) is 17.2 Å². The summed E-state index contributed by atoms with van der Waals surface area (Å²) >= 11 is 0. The molecule has 1 rings (SSSR count). The van der Waals surface area contributed by atoms with Crippen LogP contribution in [0.2, 0.25) is 0 Å². The number of nitro groups is 1. The predicted molar refractivity (Wildman–Crippen MR) is 70.3 cm³/mol. The number of nitro benzene ring substituents is 1. The van der Waals surface area contributed by atoms with Gasteiger partial charge in [-0.25, -0.2) is 8.42 Å². The third kappa shape index (κ3) is 4.90. The zero-order chi connectivity index (χ0) is 16.0. The quantitative estimate of drug-likeness (QED) is 0.347. The van der Waals surface area contributed by atoms with E-state index in [1.165, 1.54) is 0 Å². The van der Waals surface area contributed by atoms with Gasteiger partial charge in [0.25, 0.3) is 20.6 Å². The van der Waals surface area contributed by atoms with Crippen molar-refractivity contribution < 1.29 is 22.9 Å². The minimum Gasteiger partial charge on any atom is -0.482 e. The molecule has 0 aromatic heterocycles. The zero-order valence-electron chi connectivity index (χ0n) is 10.3. The number of carbonyl (C=O) groups is 1. The SMILES string of the molecule is N#CCNC(=O)COc1ccc([N+](=O)[O-])cc1S(=O)(=O)Cl. The van der Waals surface area contributed by atoms with E-state index in [0.717, 1.165) is 18.2 Å². The Kier molecular flexibility index (Phi) is 5.45. The molecule has 11 heteroatoms. The van der Waals surface area contributed by atoms with Crippen molar-refractivity contribution in [3.8, 4) is 11.8 Å². The average Bonchev–Trinajstić information content (AvgIpc) is 2.41. The van der Waals surface area contributed by atoms with Crippen LogP contribution in [-0.4, -0.2) is 32.4 Å². The molecule has 0 saturated heterocycles. The van der Waals surface area contributed by atoms with E-state index in [1.807, 2.05) is 0 Å². The van der Waals surface area contributed by atoms with Gasteiger partial charge in [-0.3, -0.25) is 14.9 Å². The van der Waals surface area contributed by atoms with Crippen molar-refractivity contribution in [3.63, 3.8) is 0 Å². The standard InChI is InChI=1S/C10H8ClN3O6S/c11-21(18,19)9-5-7(14(16)17)1-2-8(9)20-6-10(15)13-4-3-12/h1-2,5H,4,6H2,(H,13,15). The van der Waals surface area contributed by atoms with Crippen LogP contribution >= 0.6 is 10.7 Å². The first-order chi connectivity index (χ1) is 9.75. The monoisotopic (exact) mass is 333 g/mol. The van der Waals surface area contributed by atoms with E-state index in [1.54, 1.807) is 6.07 Å².